The van der Waals surface area contributed by atoms with E-state index in [1.54, 1.807) is 12.4 Å². The maximum Gasteiger partial charge on any atom is 0.227 e. The summed E-state index contributed by atoms with van der Waals surface area (Å²) in [6, 6.07) is 23.7. The van der Waals surface area contributed by atoms with Gasteiger partial charge in [0, 0.05) is 50.8 Å². The van der Waals surface area contributed by atoms with Crippen LogP contribution in [0.4, 0.5) is 0 Å². The highest BCUT2D eigenvalue weighted by Gasteiger charge is 2.37. The first kappa shape index (κ1) is 23.5. The smallest absolute Gasteiger partial charge is 0.227 e. The summed E-state index contributed by atoms with van der Waals surface area (Å²) in [6.07, 6.45) is 8.04. The lowest BCUT2D eigenvalue weighted by atomic mass is 9.92. The van der Waals surface area contributed by atoms with E-state index in [1.165, 1.54) is 0 Å². The molecule has 1 aliphatic rings. The molecule has 7 heteroatoms. The fourth-order valence-corrected chi connectivity index (χ4v) is 4.83. The van der Waals surface area contributed by atoms with Gasteiger partial charge in [0.1, 0.15) is 0 Å². The van der Waals surface area contributed by atoms with Gasteiger partial charge in [-0.25, -0.2) is 4.98 Å². The normalized spacial score (nSPS) is 16.1. The predicted octanol–water partition coefficient (Wildman–Crippen LogP) is 4.08. The van der Waals surface area contributed by atoms with Crippen LogP contribution < -0.4 is 5.32 Å². The molecular weight excluding hydrogens is 448 g/mol. The SMILES string of the molecule is N#Cc1ccc(Cn2cncc2CNC(c2ccncc2)C2CCN(Cc3ccccc3)C2=O)cc1. The highest BCUT2D eigenvalue weighted by Crippen LogP contribution is 2.32. The van der Waals surface area contributed by atoms with E-state index in [0.717, 1.165) is 35.3 Å². The zero-order valence-corrected chi connectivity index (χ0v) is 20.0. The molecule has 1 amide bonds. The van der Waals surface area contributed by atoms with Gasteiger partial charge < -0.3 is 14.8 Å². The Labute approximate surface area is 211 Å². The minimum absolute atomic E-state index is 0.125. The number of carbonyl (C=O) groups excluding carboxylic acids is 1. The number of nitriles is 1. The van der Waals surface area contributed by atoms with Crippen LogP contribution in [0.1, 0.15) is 40.4 Å². The number of nitrogens with one attached hydrogen (secondary N) is 1. The van der Waals surface area contributed by atoms with E-state index < -0.39 is 0 Å². The van der Waals surface area contributed by atoms with Gasteiger partial charge in [0.15, 0.2) is 0 Å². The zero-order valence-electron chi connectivity index (χ0n) is 20.0. The molecule has 4 aromatic rings. The van der Waals surface area contributed by atoms with Crippen molar-refractivity contribution in [2.24, 2.45) is 5.92 Å². The highest BCUT2D eigenvalue weighted by molar-refractivity contribution is 5.81. The number of amides is 1. The quantitative estimate of drug-likeness (QED) is 0.393. The number of rotatable bonds is 9. The zero-order chi connectivity index (χ0) is 24.7. The van der Waals surface area contributed by atoms with Crippen molar-refractivity contribution in [3.8, 4) is 6.07 Å². The van der Waals surface area contributed by atoms with E-state index in [4.69, 9.17) is 5.26 Å². The maximum atomic E-state index is 13.5. The number of hydrogen-bond acceptors (Lipinski definition) is 5. The number of carbonyl (C=O) groups is 1. The molecule has 2 aromatic heterocycles. The largest absolute Gasteiger partial charge is 0.338 e. The summed E-state index contributed by atoms with van der Waals surface area (Å²) in [5, 5.41) is 12.7. The number of imidazole rings is 1. The molecule has 2 unspecified atom stereocenters. The van der Waals surface area contributed by atoms with Crippen molar-refractivity contribution in [3.63, 3.8) is 0 Å². The second kappa shape index (κ2) is 11.0. The minimum atomic E-state index is -0.147. The van der Waals surface area contributed by atoms with Crippen molar-refractivity contribution in [2.45, 2.75) is 32.1 Å². The molecule has 5 rings (SSSR count). The summed E-state index contributed by atoms with van der Waals surface area (Å²) in [4.78, 5) is 24.0. The number of likely N-dealkylation sites (tertiary alicyclic amines) is 1. The van der Waals surface area contributed by atoms with Gasteiger partial charge in [-0.1, -0.05) is 42.5 Å². The molecule has 0 aliphatic carbocycles. The summed E-state index contributed by atoms with van der Waals surface area (Å²) >= 11 is 0. The van der Waals surface area contributed by atoms with Gasteiger partial charge in [0.2, 0.25) is 5.91 Å². The Hall–Kier alpha value is -4.28. The van der Waals surface area contributed by atoms with Crippen LogP contribution in [-0.4, -0.2) is 31.9 Å². The van der Waals surface area contributed by atoms with Crippen LogP contribution in [0, 0.1) is 17.2 Å². The van der Waals surface area contributed by atoms with Crippen LogP contribution in [0.3, 0.4) is 0 Å². The van der Waals surface area contributed by atoms with E-state index in [9.17, 15) is 4.79 Å². The van der Waals surface area contributed by atoms with E-state index in [0.29, 0.717) is 25.2 Å². The van der Waals surface area contributed by atoms with Crippen LogP contribution in [-0.2, 0) is 24.4 Å². The molecule has 2 aromatic carbocycles. The number of nitrogens with zero attached hydrogens (tertiary/aromatic N) is 5. The van der Waals surface area contributed by atoms with Crippen molar-refractivity contribution in [1.82, 2.24) is 24.8 Å². The Morgan fingerprint density at radius 3 is 2.47 bits per heavy atom. The van der Waals surface area contributed by atoms with Crippen molar-refractivity contribution in [2.75, 3.05) is 6.54 Å². The Bertz CT molecular complexity index is 1330. The third-order valence-corrected chi connectivity index (χ3v) is 6.76. The van der Waals surface area contributed by atoms with Crippen LogP contribution in [0.5, 0.6) is 0 Å². The number of benzene rings is 2. The first-order valence-electron chi connectivity index (χ1n) is 12.2. The molecule has 1 fully saturated rings. The molecule has 1 saturated heterocycles. The first-order valence-corrected chi connectivity index (χ1v) is 12.2. The van der Waals surface area contributed by atoms with Gasteiger partial charge in [-0.3, -0.25) is 9.78 Å². The lowest BCUT2D eigenvalue weighted by molar-refractivity contribution is -0.132. The molecule has 3 heterocycles. The molecule has 1 N–H and O–H groups in total. The van der Waals surface area contributed by atoms with Gasteiger partial charge in [-0.15, -0.1) is 0 Å². The van der Waals surface area contributed by atoms with Crippen LogP contribution in [0.15, 0.2) is 91.6 Å². The standard InChI is InChI=1S/C29H28N6O/c30-16-22-6-8-24(9-7-22)20-35-21-32-17-26(35)18-33-28(25-10-13-31-14-11-25)27-12-15-34(29(27)36)19-23-4-2-1-3-5-23/h1-11,13-14,17,21,27-28,33H,12,15,18-20H2. The molecule has 0 bridgehead atoms. The summed E-state index contributed by atoms with van der Waals surface area (Å²) in [6.45, 7) is 2.62. The average Bonchev–Trinajstić information content (AvgIpc) is 3.52. The fraction of sp³-hybridized carbons (Fsp3) is 0.241. The fourth-order valence-electron chi connectivity index (χ4n) is 4.83. The molecule has 36 heavy (non-hydrogen) atoms. The van der Waals surface area contributed by atoms with Crippen LogP contribution >= 0.6 is 0 Å². The van der Waals surface area contributed by atoms with Gasteiger partial charge in [-0.05, 0) is 47.4 Å². The maximum absolute atomic E-state index is 13.5. The second-order valence-electron chi connectivity index (χ2n) is 9.10. The molecule has 180 valence electrons. The summed E-state index contributed by atoms with van der Waals surface area (Å²) in [5.41, 5.74) is 4.98. The first-order chi connectivity index (χ1) is 17.7. The van der Waals surface area contributed by atoms with Gasteiger partial charge in [-0.2, -0.15) is 5.26 Å². The molecule has 0 radical (unpaired) electrons. The number of pyridine rings is 1. The Balaban J connectivity index is 1.30. The molecule has 0 spiro atoms. The van der Waals surface area contributed by atoms with Crippen molar-refractivity contribution in [1.29, 1.82) is 5.26 Å². The van der Waals surface area contributed by atoms with E-state index in [2.05, 4.69) is 38.1 Å². The molecule has 2 atom stereocenters. The van der Waals surface area contributed by atoms with Crippen molar-refractivity contribution in [3.05, 3.63) is 120 Å². The topological polar surface area (TPSA) is 86.8 Å². The second-order valence-corrected chi connectivity index (χ2v) is 9.10. The highest BCUT2D eigenvalue weighted by atomic mass is 16.2. The summed E-state index contributed by atoms with van der Waals surface area (Å²) in [7, 11) is 0. The minimum Gasteiger partial charge on any atom is -0.338 e. The van der Waals surface area contributed by atoms with E-state index >= 15 is 0 Å². The molecule has 7 nitrogen and oxygen atoms in total. The lowest BCUT2D eigenvalue weighted by Gasteiger charge is -2.25. The average molecular weight is 477 g/mol. The van der Waals surface area contributed by atoms with Gasteiger partial charge >= 0.3 is 0 Å². The summed E-state index contributed by atoms with van der Waals surface area (Å²) in [5.74, 6) is 0.0327. The number of aromatic nitrogens is 3. The molecule has 0 saturated carbocycles. The Morgan fingerprint density at radius 2 is 1.72 bits per heavy atom. The Kier molecular flexibility index (Phi) is 7.15. The third kappa shape index (κ3) is 5.35. The molecule has 1 aliphatic heterocycles. The van der Waals surface area contributed by atoms with E-state index in [1.807, 2.05) is 72.0 Å². The molecular formula is C29H28N6O. The van der Waals surface area contributed by atoms with Gasteiger partial charge in [0.25, 0.3) is 0 Å². The predicted molar refractivity (Wildman–Crippen MR) is 136 cm³/mol. The van der Waals surface area contributed by atoms with E-state index in [-0.39, 0.29) is 17.9 Å². The van der Waals surface area contributed by atoms with Crippen molar-refractivity contribution >= 4 is 5.91 Å². The summed E-state index contributed by atoms with van der Waals surface area (Å²) < 4.78 is 2.09. The van der Waals surface area contributed by atoms with Crippen LogP contribution in [0.25, 0.3) is 0 Å². The third-order valence-electron chi connectivity index (χ3n) is 6.76. The lowest BCUT2D eigenvalue weighted by Crippen LogP contribution is -2.35. The van der Waals surface area contributed by atoms with Gasteiger partial charge in [0.05, 0.1) is 29.6 Å². The van der Waals surface area contributed by atoms with Crippen LogP contribution in [0.2, 0.25) is 0 Å². The monoisotopic (exact) mass is 476 g/mol. The number of hydrogen-bond donors (Lipinski definition) is 1. The van der Waals surface area contributed by atoms with Crippen molar-refractivity contribution < 1.29 is 4.79 Å². The Morgan fingerprint density at radius 1 is 0.972 bits per heavy atom.